The van der Waals surface area contributed by atoms with Crippen LogP contribution in [0.5, 0.6) is 5.75 Å². The average Bonchev–Trinajstić information content (AvgIpc) is 2.63. The van der Waals surface area contributed by atoms with Crippen molar-refractivity contribution in [3.05, 3.63) is 54.1 Å². The van der Waals surface area contributed by atoms with Gasteiger partial charge in [0.25, 0.3) is 0 Å². The SMILES string of the molecule is COc1ccccc1N1CCN(C(=S)Nc2ccccc2C)CC1. The summed E-state index contributed by atoms with van der Waals surface area (Å²) in [5, 5.41) is 4.17. The van der Waals surface area contributed by atoms with Crippen LogP contribution in [0.4, 0.5) is 11.4 Å². The summed E-state index contributed by atoms with van der Waals surface area (Å²) in [5.41, 5.74) is 3.43. The lowest BCUT2D eigenvalue weighted by molar-refractivity contribution is 0.382. The molecule has 1 saturated heterocycles. The van der Waals surface area contributed by atoms with Crippen molar-refractivity contribution in [1.82, 2.24) is 4.90 Å². The van der Waals surface area contributed by atoms with E-state index in [2.05, 4.69) is 46.3 Å². The normalized spacial score (nSPS) is 14.4. The van der Waals surface area contributed by atoms with Gasteiger partial charge in [-0.2, -0.15) is 0 Å². The van der Waals surface area contributed by atoms with E-state index >= 15 is 0 Å². The number of hydrogen-bond acceptors (Lipinski definition) is 3. The average molecular weight is 341 g/mol. The monoisotopic (exact) mass is 341 g/mol. The van der Waals surface area contributed by atoms with Gasteiger partial charge in [-0.05, 0) is 42.9 Å². The van der Waals surface area contributed by atoms with Crippen LogP contribution in [0, 0.1) is 6.92 Å². The van der Waals surface area contributed by atoms with Crippen LogP contribution in [0.3, 0.4) is 0 Å². The summed E-state index contributed by atoms with van der Waals surface area (Å²) in [7, 11) is 1.72. The van der Waals surface area contributed by atoms with Crippen LogP contribution in [0.25, 0.3) is 0 Å². The summed E-state index contributed by atoms with van der Waals surface area (Å²) in [5.74, 6) is 0.923. The smallest absolute Gasteiger partial charge is 0.173 e. The molecule has 1 N–H and O–H groups in total. The van der Waals surface area contributed by atoms with E-state index in [1.807, 2.05) is 24.3 Å². The van der Waals surface area contributed by atoms with Crippen LogP contribution in [0.15, 0.2) is 48.5 Å². The van der Waals surface area contributed by atoms with Crippen molar-refractivity contribution in [2.75, 3.05) is 43.5 Å². The fourth-order valence-corrected chi connectivity index (χ4v) is 3.24. The topological polar surface area (TPSA) is 27.7 Å². The molecule has 0 aromatic heterocycles. The van der Waals surface area contributed by atoms with Gasteiger partial charge in [0.15, 0.2) is 5.11 Å². The van der Waals surface area contributed by atoms with Crippen LogP contribution in [-0.4, -0.2) is 43.3 Å². The molecule has 0 saturated carbocycles. The fraction of sp³-hybridized carbons (Fsp3) is 0.316. The Morgan fingerprint density at radius 2 is 1.67 bits per heavy atom. The number of hydrogen-bond donors (Lipinski definition) is 1. The first kappa shape index (κ1) is 16.6. The molecule has 1 fully saturated rings. The lowest BCUT2D eigenvalue weighted by Crippen LogP contribution is -2.50. The number of rotatable bonds is 3. The third-order valence-corrected chi connectivity index (χ3v) is 4.74. The lowest BCUT2D eigenvalue weighted by atomic mass is 10.2. The number of aryl methyl sites for hydroxylation is 1. The molecular weight excluding hydrogens is 318 g/mol. The molecule has 1 aliphatic heterocycles. The van der Waals surface area contributed by atoms with Crippen molar-refractivity contribution in [2.24, 2.45) is 0 Å². The number of anilines is 2. The second kappa shape index (κ2) is 7.53. The number of benzene rings is 2. The minimum absolute atomic E-state index is 0.795. The van der Waals surface area contributed by atoms with Gasteiger partial charge in [0, 0.05) is 31.9 Å². The number of para-hydroxylation sites is 3. The summed E-state index contributed by atoms with van der Waals surface area (Å²) in [4.78, 5) is 4.58. The molecule has 0 radical (unpaired) electrons. The molecule has 1 aliphatic rings. The Morgan fingerprint density at radius 1 is 1.00 bits per heavy atom. The van der Waals surface area contributed by atoms with Crippen molar-refractivity contribution in [3.63, 3.8) is 0 Å². The fourth-order valence-electron chi connectivity index (χ4n) is 2.95. The van der Waals surface area contributed by atoms with Gasteiger partial charge in [-0.1, -0.05) is 30.3 Å². The molecule has 4 nitrogen and oxygen atoms in total. The molecule has 1 heterocycles. The van der Waals surface area contributed by atoms with Crippen LogP contribution < -0.4 is 15.0 Å². The maximum Gasteiger partial charge on any atom is 0.173 e. The van der Waals surface area contributed by atoms with E-state index in [9.17, 15) is 0 Å². The van der Waals surface area contributed by atoms with E-state index in [1.165, 1.54) is 5.56 Å². The zero-order chi connectivity index (χ0) is 16.9. The first-order chi connectivity index (χ1) is 11.7. The van der Waals surface area contributed by atoms with Crippen molar-refractivity contribution >= 4 is 28.7 Å². The first-order valence-corrected chi connectivity index (χ1v) is 8.59. The summed E-state index contributed by atoms with van der Waals surface area (Å²) in [6, 6.07) is 16.4. The highest BCUT2D eigenvalue weighted by Crippen LogP contribution is 2.28. The Morgan fingerprint density at radius 3 is 2.38 bits per heavy atom. The Hall–Kier alpha value is -2.27. The highest BCUT2D eigenvalue weighted by atomic mass is 32.1. The van der Waals surface area contributed by atoms with Crippen LogP contribution in [-0.2, 0) is 0 Å². The Kier molecular flexibility index (Phi) is 5.20. The molecule has 0 unspecified atom stereocenters. The van der Waals surface area contributed by atoms with E-state index in [1.54, 1.807) is 7.11 Å². The van der Waals surface area contributed by atoms with Crippen molar-refractivity contribution < 1.29 is 4.74 Å². The van der Waals surface area contributed by atoms with Gasteiger partial charge in [-0.15, -0.1) is 0 Å². The van der Waals surface area contributed by atoms with Crippen molar-refractivity contribution in [1.29, 1.82) is 0 Å². The zero-order valence-corrected chi connectivity index (χ0v) is 15.0. The standard InChI is InChI=1S/C19H23N3OS/c1-15-7-3-4-8-16(15)20-19(24)22-13-11-21(12-14-22)17-9-5-6-10-18(17)23-2/h3-10H,11-14H2,1-2H3,(H,20,24). The van der Waals surface area contributed by atoms with Crippen LogP contribution in [0.1, 0.15) is 5.56 Å². The van der Waals surface area contributed by atoms with E-state index in [-0.39, 0.29) is 0 Å². The molecule has 3 rings (SSSR count). The third-order valence-electron chi connectivity index (χ3n) is 4.38. The Labute approximate surface area is 149 Å². The second-order valence-corrected chi connectivity index (χ2v) is 6.28. The van der Waals surface area contributed by atoms with Crippen LogP contribution in [0.2, 0.25) is 0 Å². The van der Waals surface area contributed by atoms with Gasteiger partial charge in [0.2, 0.25) is 0 Å². The van der Waals surface area contributed by atoms with Gasteiger partial charge in [-0.25, -0.2) is 0 Å². The first-order valence-electron chi connectivity index (χ1n) is 8.18. The number of methoxy groups -OCH3 is 1. The number of nitrogens with zero attached hydrogens (tertiary/aromatic N) is 2. The molecule has 0 bridgehead atoms. The molecule has 126 valence electrons. The largest absolute Gasteiger partial charge is 0.495 e. The molecule has 0 aliphatic carbocycles. The highest BCUT2D eigenvalue weighted by Gasteiger charge is 2.21. The van der Waals surface area contributed by atoms with E-state index in [0.29, 0.717) is 0 Å². The summed E-state index contributed by atoms with van der Waals surface area (Å²) in [6.07, 6.45) is 0. The predicted molar refractivity (Wildman–Crippen MR) is 104 cm³/mol. The molecule has 0 spiro atoms. The summed E-state index contributed by atoms with van der Waals surface area (Å²) in [6.45, 7) is 5.74. The molecule has 5 heteroatoms. The second-order valence-electron chi connectivity index (χ2n) is 5.89. The maximum atomic E-state index is 5.59. The number of thiocarbonyl (C=S) groups is 1. The van der Waals surface area contributed by atoms with E-state index in [4.69, 9.17) is 17.0 Å². The molecule has 0 atom stereocenters. The van der Waals surface area contributed by atoms with E-state index in [0.717, 1.165) is 48.4 Å². The third kappa shape index (κ3) is 3.62. The lowest BCUT2D eigenvalue weighted by Gasteiger charge is -2.38. The number of ether oxygens (including phenoxy) is 1. The zero-order valence-electron chi connectivity index (χ0n) is 14.2. The minimum atomic E-state index is 0.795. The summed E-state index contributed by atoms with van der Waals surface area (Å²) >= 11 is 5.59. The highest BCUT2D eigenvalue weighted by molar-refractivity contribution is 7.80. The molecule has 2 aromatic rings. The van der Waals surface area contributed by atoms with Gasteiger partial charge >= 0.3 is 0 Å². The quantitative estimate of drug-likeness (QED) is 0.862. The van der Waals surface area contributed by atoms with Crippen molar-refractivity contribution in [2.45, 2.75) is 6.92 Å². The molecular formula is C19H23N3OS. The molecule has 24 heavy (non-hydrogen) atoms. The van der Waals surface area contributed by atoms with Gasteiger partial charge < -0.3 is 19.9 Å². The summed E-state index contributed by atoms with van der Waals surface area (Å²) < 4.78 is 5.47. The van der Waals surface area contributed by atoms with Crippen LogP contribution >= 0.6 is 12.2 Å². The Balaban J connectivity index is 1.61. The Bertz CT molecular complexity index is 711. The molecule has 0 amide bonds. The number of nitrogens with one attached hydrogen (secondary N) is 1. The van der Waals surface area contributed by atoms with Gasteiger partial charge in [0.1, 0.15) is 5.75 Å². The number of piperazine rings is 1. The van der Waals surface area contributed by atoms with E-state index < -0.39 is 0 Å². The van der Waals surface area contributed by atoms with Gasteiger partial charge in [-0.3, -0.25) is 0 Å². The minimum Gasteiger partial charge on any atom is -0.495 e. The predicted octanol–water partition coefficient (Wildman–Crippen LogP) is 3.52. The van der Waals surface area contributed by atoms with Crippen molar-refractivity contribution in [3.8, 4) is 5.75 Å². The van der Waals surface area contributed by atoms with Gasteiger partial charge in [0.05, 0.1) is 12.8 Å². The maximum absolute atomic E-state index is 5.59. The molecule has 2 aromatic carbocycles.